The van der Waals surface area contributed by atoms with Crippen molar-refractivity contribution in [2.45, 2.75) is 6.92 Å². The van der Waals surface area contributed by atoms with Crippen LogP contribution in [0.1, 0.15) is 6.92 Å². The molecule has 0 saturated carbocycles. The fourth-order valence-electron chi connectivity index (χ4n) is 1.12. The molecule has 0 aliphatic carbocycles. The van der Waals surface area contributed by atoms with Crippen LogP contribution < -0.4 is 4.90 Å². The summed E-state index contributed by atoms with van der Waals surface area (Å²) in [5.41, 5.74) is 0. The van der Waals surface area contributed by atoms with Gasteiger partial charge in [-0.3, -0.25) is 4.99 Å². The topological polar surface area (TPSA) is 40.9 Å². The number of aliphatic imine (C=N–C) groups is 2. The number of anilines is 1. The first-order valence-corrected chi connectivity index (χ1v) is 4.59. The Morgan fingerprint density at radius 1 is 1.53 bits per heavy atom. The minimum Gasteiger partial charge on any atom is -0.314 e. The number of nitrogens with zero attached hydrogens (tertiary/aromatic N) is 4. The number of rotatable bonds is 4. The Morgan fingerprint density at radius 2 is 2.33 bits per heavy atom. The van der Waals surface area contributed by atoms with E-state index in [1.165, 1.54) is 6.34 Å². The Balaban J connectivity index is 2.88. The van der Waals surface area contributed by atoms with Crippen molar-refractivity contribution in [1.29, 1.82) is 0 Å². The smallest absolute Gasteiger partial charge is 0.133 e. The van der Waals surface area contributed by atoms with Crippen LogP contribution >= 0.6 is 0 Å². The molecule has 0 aromatic carbocycles. The molecule has 1 heterocycles. The number of aromatic nitrogens is 1. The van der Waals surface area contributed by atoms with Crippen LogP contribution in [0, 0.1) is 0 Å². The van der Waals surface area contributed by atoms with Gasteiger partial charge in [0.25, 0.3) is 0 Å². The van der Waals surface area contributed by atoms with Crippen molar-refractivity contribution in [2.24, 2.45) is 9.98 Å². The predicted octanol–water partition coefficient (Wildman–Crippen LogP) is 2.11. The van der Waals surface area contributed by atoms with E-state index in [-0.39, 0.29) is 0 Å². The first kappa shape index (κ1) is 11.1. The largest absolute Gasteiger partial charge is 0.314 e. The first-order chi connectivity index (χ1) is 7.29. The Kier molecular flexibility index (Phi) is 4.22. The van der Waals surface area contributed by atoms with Gasteiger partial charge in [-0.2, -0.15) is 0 Å². The molecular formula is C11H14N4. The Labute approximate surface area is 89.7 Å². The average Bonchev–Trinajstić information content (AvgIpc) is 2.31. The normalized spacial score (nSPS) is 11.7. The fraction of sp³-hybridized carbons (Fsp3) is 0.182. The van der Waals surface area contributed by atoms with Crippen molar-refractivity contribution in [2.75, 3.05) is 11.9 Å². The molecule has 0 aliphatic heterocycles. The van der Waals surface area contributed by atoms with Gasteiger partial charge in [-0.1, -0.05) is 6.07 Å². The third-order valence-corrected chi connectivity index (χ3v) is 1.87. The number of hydrogen-bond acceptors (Lipinski definition) is 3. The van der Waals surface area contributed by atoms with Crippen molar-refractivity contribution in [3.63, 3.8) is 0 Å². The highest BCUT2D eigenvalue weighted by Crippen LogP contribution is 2.13. The van der Waals surface area contributed by atoms with Gasteiger partial charge in [-0.25, -0.2) is 9.98 Å². The molecule has 0 saturated heterocycles. The molecule has 1 rings (SSSR count). The number of hydrogen-bond donors (Lipinski definition) is 0. The van der Waals surface area contributed by atoms with Crippen molar-refractivity contribution < 1.29 is 0 Å². The molecule has 1 aromatic heterocycles. The van der Waals surface area contributed by atoms with E-state index in [1.54, 1.807) is 6.20 Å². The highest BCUT2D eigenvalue weighted by Gasteiger charge is 2.04. The maximum absolute atomic E-state index is 4.22. The molecule has 0 spiro atoms. The molecule has 4 heteroatoms. The van der Waals surface area contributed by atoms with Gasteiger partial charge in [0.15, 0.2) is 0 Å². The van der Waals surface area contributed by atoms with Gasteiger partial charge in [-0.05, 0) is 31.9 Å². The van der Waals surface area contributed by atoms with Gasteiger partial charge in [0.05, 0.1) is 0 Å². The zero-order chi connectivity index (χ0) is 11.1. The van der Waals surface area contributed by atoms with Crippen LogP contribution in [0.3, 0.4) is 0 Å². The van der Waals surface area contributed by atoms with Crippen LogP contribution in [0.4, 0.5) is 5.82 Å². The lowest BCUT2D eigenvalue weighted by Crippen LogP contribution is -2.16. The zero-order valence-corrected chi connectivity index (χ0v) is 8.96. The Bertz CT molecular complexity index is 367. The van der Waals surface area contributed by atoms with Crippen LogP contribution in [0.5, 0.6) is 0 Å². The lowest BCUT2D eigenvalue weighted by Gasteiger charge is -2.17. The summed E-state index contributed by atoms with van der Waals surface area (Å²) in [6.07, 6.45) is 5.04. The van der Waals surface area contributed by atoms with Crippen LogP contribution in [0.15, 0.2) is 46.3 Å². The molecule has 0 N–H and O–H groups in total. The van der Waals surface area contributed by atoms with Crippen molar-refractivity contribution in [3.8, 4) is 0 Å². The molecule has 0 fully saturated rings. The van der Waals surface area contributed by atoms with Gasteiger partial charge in [0.1, 0.15) is 18.0 Å². The summed E-state index contributed by atoms with van der Waals surface area (Å²) < 4.78 is 0. The van der Waals surface area contributed by atoms with E-state index in [0.717, 1.165) is 11.6 Å². The van der Waals surface area contributed by atoms with Gasteiger partial charge in [0, 0.05) is 13.2 Å². The SMILES string of the molecule is C=NC=N/C(=C\C)N(C)c1ccccn1. The third kappa shape index (κ3) is 3.02. The molecule has 0 aliphatic rings. The summed E-state index contributed by atoms with van der Waals surface area (Å²) in [4.78, 5) is 13.8. The molecule has 0 bridgehead atoms. The van der Waals surface area contributed by atoms with E-state index in [0.29, 0.717) is 0 Å². The standard InChI is InChI=1S/C11H14N4/c1-4-10(14-9-12-2)15(3)11-7-5-6-8-13-11/h4-9H,2H2,1,3H3/b10-4+,14-9?. The summed E-state index contributed by atoms with van der Waals surface area (Å²) in [5, 5.41) is 0. The Morgan fingerprint density at radius 3 is 2.87 bits per heavy atom. The van der Waals surface area contributed by atoms with E-state index >= 15 is 0 Å². The molecular weight excluding hydrogens is 188 g/mol. The third-order valence-electron chi connectivity index (χ3n) is 1.87. The summed E-state index contributed by atoms with van der Waals surface area (Å²) in [7, 11) is 1.90. The van der Waals surface area contributed by atoms with Crippen LogP contribution in [0.2, 0.25) is 0 Å². The van der Waals surface area contributed by atoms with Gasteiger partial charge < -0.3 is 4.90 Å². The molecule has 0 unspecified atom stereocenters. The quantitative estimate of drug-likeness (QED) is 0.554. The lowest BCUT2D eigenvalue weighted by molar-refractivity contribution is 1.02. The van der Waals surface area contributed by atoms with E-state index < -0.39 is 0 Å². The average molecular weight is 202 g/mol. The molecule has 15 heavy (non-hydrogen) atoms. The maximum atomic E-state index is 4.22. The van der Waals surface area contributed by atoms with Crippen molar-refractivity contribution in [3.05, 3.63) is 36.3 Å². The predicted molar refractivity (Wildman–Crippen MR) is 64.4 cm³/mol. The van der Waals surface area contributed by atoms with Crippen LogP contribution in [-0.4, -0.2) is 25.1 Å². The Hall–Kier alpha value is -1.97. The van der Waals surface area contributed by atoms with Gasteiger partial charge >= 0.3 is 0 Å². The maximum Gasteiger partial charge on any atom is 0.133 e. The van der Waals surface area contributed by atoms with Crippen molar-refractivity contribution in [1.82, 2.24) is 4.98 Å². The summed E-state index contributed by atoms with van der Waals surface area (Å²) in [5.74, 6) is 1.62. The molecule has 4 nitrogen and oxygen atoms in total. The molecule has 78 valence electrons. The van der Waals surface area contributed by atoms with Gasteiger partial charge in [-0.15, -0.1) is 0 Å². The van der Waals surface area contributed by atoms with Crippen LogP contribution in [-0.2, 0) is 0 Å². The highest BCUT2D eigenvalue weighted by atomic mass is 15.2. The number of pyridine rings is 1. The van der Waals surface area contributed by atoms with Gasteiger partial charge in [0.2, 0.25) is 0 Å². The van der Waals surface area contributed by atoms with E-state index in [2.05, 4.69) is 21.7 Å². The lowest BCUT2D eigenvalue weighted by atomic mass is 10.4. The van der Waals surface area contributed by atoms with E-state index in [1.807, 2.05) is 43.1 Å². The van der Waals surface area contributed by atoms with E-state index in [9.17, 15) is 0 Å². The molecule has 0 atom stereocenters. The second kappa shape index (κ2) is 5.70. The minimum atomic E-state index is 0.779. The summed E-state index contributed by atoms with van der Waals surface area (Å²) >= 11 is 0. The summed E-state index contributed by atoms with van der Waals surface area (Å²) in [6, 6.07) is 5.73. The molecule has 0 amide bonds. The second-order valence-corrected chi connectivity index (χ2v) is 2.82. The second-order valence-electron chi connectivity index (χ2n) is 2.82. The highest BCUT2D eigenvalue weighted by molar-refractivity contribution is 5.64. The minimum absolute atomic E-state index is 0.779. The molecule has 0 radical (unpaired) electrons. The first-order valence-electron chi connectivity index (χ1n) is 4.59. The van der Waals surface area contributed by atoms with Crippen LogP contribution in [0.25, 0.3) is 0 Å². The summed E-state index contributed by atoms with van der Waals surface area (Å²) in [6.45, 7) is 5.25. The molecule has 1 aromatic rings. The monoisotopic (exact) mass is 202 g/mol. The number of allylic oxidation sites excluding steroid dienone is 1. The van der Waals surface area contributed by atoms with Crippen molar-refractivity contribution >= 4 is 18.9 Å². The zero-order valence-electron chi connectivity index (χ0n) is 8.96. The van der Waals surface area contributed by atoms with E-state index in [4.69, 9.17) is 0 Å². The fourth-order valence-corrected chi connectivity index (χ4v) is 1.12.